The second-order valence-electron chi connectivity index (χ2n) is 6.85. The van der Waals surface area contributed by atoms with Gasteiger partial charge in [-0.05, 0) is 38.5 Å². The van der Waals surface area contributed by atoms with Crippen molar-refractivity contribution >= 4 is 5.97 Å². The number of unbranched alkanes of at least 4 members (excludes halogenated alkanes) is 6. The van der Waals surface area contributed by atoms with Crippen LogP contribution in [0.15, 0.2) is 0 Å². The highest BCUT2D eigenvalue weighted by atomic mass is 16.4. The van der Waals surface area contributed by atoms with Crippen LogP contribution in [0.5, 0.6) is 0 Å². The van der Waals surface area contributed by atoms with E-state index in [-0.39, 0.29) is 0 Å². The van der Waals surface area contributed by atoms with Gasteiger partial charge in [0.25, 0.3) is 0 Å². The van der Waals surface area contributed by atoms with Gasteiger partial charge in [0, 0.05) is 6.42 Å². The van der Waals surface area contributed by atoms with Gasteiger partial charge in [-0.3, -0.25) is 4.79 Å². The summed E-state index contributed by atoms with van der Waals surface area (Å²) in [5.41, 5.74) is 0. The lowest BCUT2D eigenvalue weighted by Crippen LogP contribution is -2.51. The van der Waals surface area contributed by atoms with E-state index in [1.54, 1.807) is 0 Å². The molecule has 0 spiro atoms. The van der Waals surface area contributed by atoms with E-state index in [2.05, 4.69) is 20.8 Å². The molecule has 0 unspecified atom stereocenters. The number of aliphatic carboxylic acids is 1. The Hall–Kier alpha value is -0.570. The highest BCUT2D eigenvalue weighted by Gasteiger charge is 2.25. The second kappa shape index (κ2) is 14.0. The van der Waals surface area contributed by atoms with Gasteiger partial charge in [0.15, 0.2) is 0 Å². The van der Waals surface area contributed by atoms with E-state index in [0.29, 0.717) is 6.42 Å². The molecule has 0 aliphatic rings. The quantitative estimate of drug-likeness (QED) is 0.312. The van der Waals surface area contributed by atoms with Crippen LogP contribution in [-0.2, 0) is 4.79 Å². The van der Waals surface area contributed by atoms with Crippen molar-refractivity contribution < 1.29 is 14.4 Å². The zero-order chi connectivity index (χ0) is 16.7. The van der Waals surface area contributed by atoms with E-state index in [0.717, 1.165) is 13.0 Å². The normalized spacial score (nSPS) is 11.8. The molecule has 0 atom stereocenters. The highest BCUT2D eigenvalue weighted by molar-refractivity contribution is 5.66. The maximum Gasteiger partial charge on any atom is 0.303 e. The first-order chi connectivity index (χ1) is 10.6. The molecule has 0 amide bonds. The zero-order valence-corrected chi connectivity index (χ0v) is 15.4. The minimum Gasteiger partial charge on any atom is -0.481 e. The molecule has 0 aromatic rings. The summed E-state index contributed by atoms with van der Waals surface area (Å²) in [5.74, 6) is -0.645. The zero-order valence-electron chi connectivity index (χ0n) is 15.4. The van der Waals surface area contributed by atoms with Gasteiger partial charge < -0.3 is 9.59 Å². The van der Waals surface area contributed by atoms with Crippen LogP contribution >= 0.6 is 0 Å². The Morgan fingerprint density at radius 2 is 1.05 bits per heavy atom. The van der Waals surface area contributed by atoms with Crippen LogP contribution < -0.4 is 0 Å². The van der Waals surface area contributed by atoms with E-state index in [9.17, 15) is 4.79 Å². The Labute approximate surface area is 138 Å². The summed E-state index contributed by atoms with van der Waals surface area (Å²) in [5, 5.41) is 8.95. The maximum atomic E-state index is 10.9. The molecule has 0 aromatic heterocycles. The van der Waals surface area contributed by atoms with Crippen molar-refractivity contribution in [3.63, 3.8) is 0 Å². The predicted octanol–water partition coefficient (Wildman–Crippen LogP) is 5.24. The fourth-order valence-electron chi connectivity index (χ4n) is 3.33. The predicted molar refractivity (Wildman–Crippen MR) is 95.2 cm³/mol. The summed E-state index contributed by atoms with van der Waals surface area (Å²) in [6, 6.07) is 0. The first-order valence-electron chi connectivity index (χ1n) is 9.67. The number of nitrogens with zero attached hydrogens (tertiary/aromatic N) is 1. The first kappa shape index (κ1) is 21.4. The van der Waals surface area contributed by atoms with Gasteiger partial charge in [0.05, 0.1) is 32.6 Å². The summed E-state index contributed by atoms with van der Waals surface area (Å²) < 4.78 is 1.17. The van der Waals surface area contributed by atoms with E-state index in [4.69, 9.17) is 5.11 Å². The van der Waals surface area contributed by atoms with Crippen molar-refractivity contribution in [2.45, 2.75) is 91.4 Å². The van der Waals surface area contributed by atoms with Crippen molar-refractivity contribution in [2.75, 3.05) is 26.2 Å². The molecule has 1 N–H and O–H groups in total. The molecule has 3 heteroatoms. The fourth-order valence-corrected chi connectivity index (χ4v) is 3.33. The molecule has 0 bridgehead atoms. The van der Waals surface area contributed by atoms with Crippen LogP contribution in [0.4, 0.5) is 0 Å². The van der Waals surface area contributed by atoms with Crippen LogP contribution in [0.25, 0.3) is 0 Å². The minimum absolute atomic E-state index is 0.329. The summed E-state index contributed by atoms with van der Waals surface area (Å²) in [6.45, 7) is 11.6. The highest BCUT2D eigenvalue weighted by Crippen LogP contribution is 2.18. The van der Waals surface area contributed by atoms with Gasteiger partial charge in [-0.25, -0.2) is 0 Å². The Morgan fingerprint density at radius 1 is 0.682 bits per heavy atom. The number of carboxylic acids is 1. The van der Waals surface area contributed by atoms with Crippen LogP contribution in [0.1, 0.15) is 91.4 Å². The minimum atomic E-state index is -0.645. The SMILES string of the molecule is CCCCC[N+](CCCCC)(CCCCC)CCCC(=O)O. The molecule has 0 aromatic carbocycles. The molecule has 22 heavy (non-hydrogen) atoms. The molecule has 0 saturated heterocycles. The Morgan fingerprint density at radius 3 is 1.36 bits per heavy atom. The topological polar surface area (TPSA) is 37.3 Å². The van der Waals surface area contributed by atoms with Crippen LogP contribution in [0.3, 0.4) is 0 Å². The lowest BCUT2D eigenvalue weighted by molar-refractivity contribution is -0.929. The van der Waals surface area contributed by atoms with Crippen molar-refractivity contribution in [1.82, 2.24) is 0 Å². The van der Waals surface area contributed by atoms with Gasteiger partial charge in [0.1, 0.15) is 0 Å². The average Bonchev–Trinajstić information content (AvgIpc) is 2.47. The van der Waals surface area contributed by atoms with Gasteiger partial charge in [-0.2, -0.15) is 0 Å². The van der Waals surface area contributed by atoms with Crippen molar-refractivity contribution in [3.05, 3.63) is 0 Å². The van der Waals surface area contributed by atoms with E-state index >= 15 is 0 Å². The molecule has 0 rings (SSSR count). The smallest absolute Gasteiger partial charge is 0.303 e. The van der Waals surface area contributed by atoms with Crippen molar-refractivity contribution in [2.24, 2.45) is 0 Å². The van der Waals surface area contributed by atoms with Gasteiger partial charge in [0.2, 0.25) is 0 Å². The Bertz CT molecular complexity index is 240. The molecule has 0 aliphatic heterocycles. The molecule has 132 valence electrons. The summed E-state index contributed by atoms with van der Waals surface area (Å²) in [4.78, 5) is 10.9. The van der Waals surface area contributed by atoms with E-state index in [1.165, 1.54) is 81.9 Å². The van der Waals surface area contributed by atoms with E-state index in [1.807, 2.05) is 0 Å². The number of hydrogen-bond donors (Lipinski definition) is 1. The van der Waals surface area contributed by atoms with Gasteiger partial charge >= 0.3 is 5.97 Å². The van der Waals surface area contributed by atoms with Crippen molar-refractivity contribution in [1.29, 1.82) is 0 Å². The Kier molecular flexibility index (Phi) is 13.7. The number of quaternary nitrogens is 1. The largest absolute Gasteiger partial charge is 0.481 e. The second-order valence-corrected chi connectivity index (χ2v) is 6.85. The van der Waals surface area contributed by atoms with Gasteiger partial charge in [-0.1, -0.05) is 40.0 Å². The summed E-state index contributed by atoms with van der Waals surface area (Å²) in [6.07, 6.45) is 12.7. The molecular weight excluding hydrogens is 274 g/mol. The van der Waals surface area contributed by atoms with Crippen LogP contribution in [0.2, 0.25) is 0 Å². The van der Waals surface area contributed by atoms with Crippen LogP contribution in [0, 0.1) is 0 Å². The average molecular weight is 315 g/mol. The first-order valence-corrected chi connectivity index (χ1v) is 9.67. The molecule has 0 aliphatic carbocycles. The summed E-state index contributed by atoms with van der Waals surface area (Å²) in [7, 11) is 0. The number of carbonyl (C=O) groups is 1. The molecule has 3 nitrogen and oxygen atoms in total. The molecule has 0 radical (unpaired) electrons. The number of carboxylic acid groups (broad SMARTS) is 1. The standard InChI is InChI=1S/C19H39NO2/c1-4-7-10-15-20(16-11-8-5-2,17-12-9-6-3)18-13-14-19(21)22/h4-18H2,1-3H3/p+1. The third-order valence-corrected chi connectivity index (χ3v) is 4.73. The number of rotatable bonds is 16. The maximum absolute atomic E-state index is 10.9. The molecule has 0 fully saturated rings. The molecular formula is C19H40NO2+. The third-order valence-electron chi connectivity index (χ3n) is 4.73. The number of hydrogen-bond acceptors (Lipinski definition) is 1. The molecule has 0 saturated carbocycles. The van der Waals surface area contributed by atoms with Crippen molar-refractivity contribution in [3.8, 4) is 0 Å². The fraction of sp³-hybridized carbons (Fsp3) is 0.947. The lowest BCUT2D eigenvalue weighted by atomic mass is 10.1. The van der Waals surface area contributed by atoms with Gasteiger partial charge in [-0.15, -0.1) is 0 Å². The third kappa shape index (κ3) is 11.1. The summed E-state index contributed by atoms with van der Waals surface area (Å²) >= 11 is 0. The lowest BCUT2D eigenvalue weighted by Gasteiger charge is -2.39. The Balaban J connectivity index is 4.64. The van der Waals surface area contributed by atoms with Crippen LogP contribution in [-0.4, -0.2) is 41.7 Å². The molecule has 0 heterocycles. The van der Waals surface area contributed by atoms with E-state index < -0.39 is 5.97 Å². The monoisotopic (exact) mass is 314 g/mol.